The number of piperidine rings is 1. The van der Waals surface area contributed by atoms with Crippen molar-refractivity contribution in [1.29, 1.82) is 0 Å². The minimum Gasteiger partial charge on any atom is -0.383 e. The Bertz CT molecular complexity index is 857. The summed E-state index contributed by atoms with van der Waals surface area (Å²) in [4.78, 5) is 32.3. The molecular formula is C20H27N3O3S. The summed E-state index contributed by atoms with van der Waals surface area (Å²) in [6, 6.07) is 7.85. The van der Waals surface area contributed by atoms with Gasteiger partial charge in [0.25, 0.3) is 5.56 Å². The molecule has 1 aromatic heterocycles. The van der Waals surface area contributed by atoms with Crippen LogP contribution >= 0.6 is 11.8 Å². The molecule has 1 fully saturated rings. The fourth-order valence-corrected chi connectivity index (χ4v) is 4.65. The third-order valence-electron chi connectivity index (χ3n) is 5.15. The summed E-state index contributed by atoms with van der Waals surface area (Å²) < 4.78 is 6.76. The van der Waals surface area contributed by atoms with Gasteiger partial charge in [-0.1, -0.05) is 23.9 Å². The van der Waals surface area contributed by atoms with Crippen LogP contribution in [0, 0.1) is 0 Å². The highest BCUT2D eigenvalue weighted by molar-refractivity contribution is 7.99. The lowest BCUT2D eigenvalue weighted by atomic mass is 9.98. The van der Waals surface area contributed by atoms with Gasteiger partial charge in [0.05, 0.1) is 29.8 Å². The Morgan fingerprint density at radius 3 is 2.67 bits per heavy atom. The van der Waals surface area contributed by atoms with Crippen molar-refractivity contribution < 1.29 is 9.53 Å². The largest absolute Gasteiger partial charge is 0.383 e. The van der Waals surface area contributed by atoms with Gasteiger partial charge in [-0.05, 0) is 45.2 Å². The highest BCUT2D eigenvalue weighted by Crippen LogP contribution is 2.25. The number of hydrogen-bond donors (Lipinski definition) is 0. The number of rotatable bonds is 6. The number of benzene rings is 1. The molecule has 0 radical (unpaired) electrons. The van der Waals surface area contributed by atoms with E-state index >= 15 is 0 Å². The van der Waals surface area contributed by atoms with Gasteiger partial charge >= 0.3 is 0 Å². The Morgan fingerprint density at radius 2 is 1.96 bits per heavy atom. The van der Waals surface area contributed by atoms with E-state index < -0.39 is 0 Å². The van der Waals surface area contributed by atoms with Crippen molar-refractivity contribution in [2.24, 2.45) is 0 Å². The predicted octanol–water partition coefficient (Wildman–Crippen LogP) is 2.92. The molecule has 1 aromatic carbocycles. The summed E-state index contributed by atoms with van der Waals surface area (Å²) in [6.07, 6.45) is 3.27. The molecule has 2 heterocycles. The second-order valence-electron chi connectivity index (χ2n) is 7.08. The fourth-order valence-electron chi connectivity index (χ4n) is 3.75. The molecule has 1 aliphatic rings. The van der Waals surface area contributed by atoms with Gasteiger partial charge in [-0.2, -0.15) is 0 Å². The molecular weight excluding hydrogens is 362 g/mol. The number of carbonyl (C=O) groups excluding carboxylic acids is 1. The van der Waals surface area contributed by atoms with Crippen LogP contribution in [0.3, 0.4) is 0 Å². The van der Waals surface area contributed by atoms with Crippen LogP contribution < -0.4 is 5.56 Å². The van der Waals surface area contributed by atoms with E-state index in [0.717, 1.165) is 12.8 Å². The van der Waals surface area contributed by atoms with Crippen molar-refractivity contribution in [3.63, 3.8) is 0 Å². The lowest BCUT2D eigenvalue weighted by Crippen LogP contribution is -2.48. The Hall–Kier alpha value is -1.86. The van der Waals surface area contributed by atoms with Crippen LogP contribution in [0.2, 0.25) is 0 Å². The standard InChI is InChI=1S/C20H27N3O3S/c1-14-7-6-8-15(2)23(14)18(24)13-27-20-21-17-10-5-4-9-16(17)19(25)22(20)11-12-26-3/h4-5,9-10,14-15H,6-8,11-13H2,1-3H3/t14-,15-/m1/s1. The third-order valence-corrected chi connectivity index (χ3v) is 6.11. The summed E-state index contributed by atoms with van der Waals surface area (Å²) in [5, 5.41) is 1.16. The van der Waals surface area contributed by atoms with E-state index in [9.17, 15) is 9.59 Å². The van der Waals surface area contributed by atoms with Crippen LogP contribution in [0.4, 0.5) is 0 Å². The van der Waals surface area contributed by atoms with E-state index in [-0.39, 0.29) is 29.3 Å². The second-order valence-corrected chi connectivity index (χ2v) is 8.02. The number of likely N-dealkylation sites (tertiary alicyclic amines) is 1. The minimum absolute atomic E-state index is 0.0905. The molecule has 7 heteroatoms. The molecule has 0 spiro atoms. The minimum atomic E-state index is -0.0905. The first-order valence-electron chi connectivity index (χ1n) is 9.45. The maximum absolute atomic E-state index is 12.9. The van der Waals surface area contributed by atoms with Crippen LogP contribution in [0.15, 0.2) is 34.2 Å². The van der Waals surface area contributed by atoms with Crippen molar-refractivity contribution in [2.45, 2.75) is 56.9 Å². The number of aromatic nitrogens is 2. The van der Waals surface area contributed by atoms with E-state index in [0.29, 0.717) is 29.2 Å². The molecule has 0 saturated carbocycles. The number of methoxy groups -OCH3 is 1. The second kappa shape index (κ2) is 8.89. The van der Waals surface area contributed by atoms with Crippen LogP contribution in [-0.4, -0.2) is 51.9 Å². The average molecular weight is 390 g/mol. The van der Waals surface area contributed by atoms with Gasteiger partial charge in [0, 0.05) is 19.2 Å². The SMILES string of the molecule is COCCn1c(SCC(=O)N2[C@H](C)CCC[C@H]2C)nc2ccccc2c1=O. The van der Waals surface area contributed by atoms with E-state index in [1.54, 1.807) is 17.7 Å². The zero-order valence-corrected chi connectivity index (χ0v) is 17.0. The van der Waals surface area contributed by atoms with E-state index in [2.05, 4.69) is 18.8 Å². The average Bonchev–Trinajstić information content (AvgIpc) is 2.65. The monoisotopic (exact) mass is 389 g/mol. The number of thioether (sulfide) groups is 1. The third kappa shape index (κ3) is 4.35. The quantitative estimate of drug-likeness (QED) is 0.561. The van der Waals surface area contributed by atoms with Crippen molar-refractivity contribution in [1.82, 2.24) is 14.5 Å². The smallest absolute Gasteiger partial charge is 0.262 e. The molecule has 1 amide bonds. The van der Waals surface area contributed by atoms with Gasteiger partial charge in [0.2, 0.25) is 5.91 Å². The number of para-hydroxylation sites is 1. The summed E-state index contributed by atoms with van der Waals surface area (Å²) in [7, 11) is 1.61. The molecule has 27 heavy (non-hydrogen) atoms. The number of carbonyl (C=O) groups is 1. The first-order valence-corrected chi connectivity index (χ1v) is 10.4. The Kier molecular flexibility index (Phi) is 6.55. The Morgan fingerprint density at radius 1 is 1.26 bits per heavy atom. The number of ether oxygens (including phenoxy) is 1. The zero-order chi connectivity index (χ0) is 19.4. The summed E-state index contributed by atoms with van der Waals surface area (Å²) in [6.45, 7) is 5.06. The predicted molar refractivity (Wildman–Crippen MR) is 108 cm³/mol. The highest BCUT2D eigenvalue weighted by atomic mass is 32.2. The first kappa shape index (κ1) is 19.9. The molecule has 0 aliphatic carbocycles. The van der Waals surface area contributed by atoms with Crippen LogP contribution in [0.5, 0.6) is 0 Å². The zero-order valence-electron chi connectivity index (χ0n) is 16.2. The number of fused-ring (bicyclic) bond motifs is 1. The van der Waals surface area contributed by atoms with Gasteiger partial charge in [-0.25, -0.2) is 4.98 Å². The molecule has 6 nitrogen and oxygen atoms in total. The maximum atomic E-state index is 12.9. The topological polar surface area (TPSA) is 64.4 Å². The molecule has 0 bridgehead atoms. The summed E-state index contributed by atoms with van der Waals surface area (Å²) in [5.74, 6) is 0.396. The molecule has 0 unspecified atom stereocenters. The van der Waals surface area contributed by atoms with Crippen molar-refractivity contribution in [3.05, 3.63) is 34.6 Å². The lowest BCUT2D eigenvalue weighted by molar-refractivity contribution is -0.134. The Balaban J connectivity index is 1.84. The normalized spacial score (nSPS) is 20.2. The first-order chi connectivity index (χ1) is 13.0. The number of hydrogen-bond acceptors (Lipinski definition) is 5. The summed E-state index contributed by atoms with van der Waals surface area (Å²) >= 11 is 1.34. The van der Waals surface area contributed by atoms with Crippen LogP contribution in [0.1, 0.15) is 33.1 Å². The maximum Gasteiger partial charge on any atom is 0.262 e. The molecule has 146 valence electrons. The van der Waals surface area contributed by atoms with E-state index in [4.69, 9.17) is 4.74 Å². The molecule has 2 atom stereocenters. The van der Waals surface area contributed by atoms with Crippen molar-refractivity contribution >= 4 is 28.6 Å². The van der Waals surface area contributed by atoms with Crippen LogP contribution in [-0.2, 0) is 16.1 Å². The molecule has 1 saturated heterocycles. The van der Waals surface area contributed by atoms with Crippen molar-refractivity contribution in [3.8, 4) is 0 Å². The molecule has 3 rings (SSSR count). The molecule has 2 aromatic rings. The fraction of sp³-hybridized carbons (Fsp3) is 0.550. The van der Waals surface area contributed by atoms with Gasteiger partial charge in [0.1, 0.15) is 0 Å². The van der Waals surface area contributed by atoms with Gasteiger partial charge in [-0.15, -0.1) is 0 Å². The van der Waals surface area contributed by atoms with Crippen LogP contribution in [0.25, 0.3) is 10.9 Å². The van der Waals surface area contributed by atoms with E-state index in [1.165, 1.54) is 18.2 Å². The van der Waals surface area contributed by atoms with Crippen molar-refractivity contribution in [2.75, 3.05) is 19.5 Å². The number of nitrogens with zero attached hydrogens (tertiary/aromatic N) is 3. The summed E-state index contributed by atoms with van der Waals surface area (Å²) in [5.41, 5.74) is 0.568. The number of amides is 1. The lowest BCUT2D eigenvalue weighted by Gasteiger charge is -2.39. The highest BCUT2D eigenvalue weighted by Gasteiger charge is 2.29. The molecule has 1 aliphatic heterocycles. The van der Waals surface area contributed by atoms with Gasteiger partial charge < -0.3 is 9.64 Å². The van der Waals surface area contributed by atoms with Gasteiger partial charge in [0.15, 0.2) is 5.16 Å². The van der Waals surface area contributed by atoms with Gasteiger partial charge in [-0.3, -0.25) is 14.2 Å². The Labute approximate surface area is 163 Å². The van der Waals surface area contributed by atoms with E-state index in [1.807, 2.05) is 23.1 Å². The molecule has 0 N–H and O–H groups in total.